The summed E-state index contributed by atoms with van der Waals surface area (Å²) in [4.78, 5) is 9.27. The van der Waals surface area contributed by atoms with E-state index >= 15 is 0 Å². The molecule has 5 nitrogen and oxygen atoms in total. The lowest BCUT2D eigenvalue weighted by atomic mass is 9.91. The number of hydrazone groups is 1. The molecule has 5 heteroatoms. The van der Waals surface area contributed by atoms with Crippen molar-refractivity contribution >= 4 is 39.9 Å². The predicted octanol–water partition coefficient (Wildman–Crippen LogP) is 6.94. The number of aryl methyl sites for hydroxylation is 1. The maximum atomic E-state index is 5.15. The van der Waals surface area contributed by atoms with Crippen molar-refractivity contribution in [2.24, 2.45) is 11.0 Å². The zero-order valence-corrected chi connectivity index (χ0v) is 22.6. The maximum absolute atomic E-state index is 5.15. The molecule has 0 N–H and O–H groups in total. The molecule has 0 saturated heterocycles. The first-order valence-corrected chi connectivity index (χ1v) is 12.8. The molecule has 0 spiro atoms. The van der Waals surface area contributed by atoms with Crippen molar-refractivity contribution in [3.8, 4) is 0 Å². The van der Waals surface area contributed by atoms with Gasteiger partial charge in [-0.25, -0.2) is 9.99 Å². The Kier molecular flexibility index (Phi) is 6.70. The SMILES string of the molecule is Cc1cc(N2N=C(C=Cc3ccc(N(C)C)cc3)C(C)C2c2ccc(N(C)C)cc2)nc2ccccc12. The van der Waals surface area contributed by atoms with Crippen LogP contribution < -0.4 is 14.8 Å². The predicted molar refractivity (Wildman–Crippen MR) is 159 cm³/mol. The van der Waals surface area contributed by atoms with E-state index in [1.54, 1.807) is 0 Å². The van der Waals surface area contributed by atoms with Crippen molar-refractivity contribution in [2.75, 3.05) is 43.0 Å². The first-order valence-electron chi connectivity index (χ1n) is 12.8. The Labute approximate surface area is 220 Å². The lowest BCUT2D eigenvalue weighted by molar-refractivity contribution is 0.585. The van der Waals surface area contributed by atoms with Crippen LogP contribution >= 0.6 is 0 Å². The second-order valence-electron chi connectivity index (χ2n) is 10.2. The first kappa shape index (κ1) is 24.6. The number of fused-ring (bicyclic) bond motifs is 1. The highest BCUT2D eigenvalue weighted by Gasteiger charge is 2.36. The van der Waals surface area contributed by atoms with Gasteiger partial charge in [-0.3, -0.25) is 0 Å². The van der Waals surface area contributed by atoms with Crippen LogP contribution in [0.1, 0.15) is 29.7 Å². The van der Waals surface area contributed by atoms with Crippen molar-refractivity contribution < 1.29 is 0 Å². The van der Waals surface area contributed by atoms with Crippen molar-refractivity contribution in [2.45, 2.75) is 19.9 Å². The van der Waals surface area contributed by atoms with Crippen LogP contribution in [-0.2, 0) is 0 Å². The summed E-state index contributed by atoms with van der Waals surface area (Å²) in [5, 5.41) is 8.44. The number of hydrogen-bond donors (Lipinski definition) is 0. The topological polar surface area (TPSA) is 35.0 Å². The number of para-hydroxylation sites is 1. The zero-order valence-electron chi connectivity index (χ0n) is 22.6. The van der Waals surface area contributed by atoms with Gasteiger partial charge >= 0.3 is 0 Å². The van der Waals surface area contributed by atoms with Crippen LogP contribution in [0.4, 0.5) is 17.2 Å². The molecule has 0 saturated carbocycles. The summed E-state index contributed by atoms with van der Waals surface area (Å²) in [6, 6.07) is 27.9. The molecule has 37 heavy (non-hydrogen) atoms. The number of pyridine rings is 1. The van der Waals surface area contributed by atoms with Gasteiger partial charge in [0.2, 0.25) is 0 Å². The second kappa shape index (κ2) is 10.1. The first-order chi connectivity index (χ1) is 17.8. The maximum Gasteiger partial charge on any atom is 0.150 e. The normalized spacial score (nSPS) is 17.5. The van der Waals surface area contributed by atoms with E-state index in [4.69, 9.17) is 10.1 Å². The van der Waals surface area contributed by atoms with Gasteiger partial charge in [-0.05, 0) is 66.1 Å². The molecule has 0 amide bonds. The molecule has 2 heterocycles. The van der Waals surface area contributed by atoms with E-state index in [-0.39, 0.29) is 12.0 Å². The molecule has 5 rings (SSSR count). The lowest BCUT2D eigenvalue weighted by Gasteiger charge is -2.27. The summed E-state index contributed by atoms with van der Waals surface area (Å²) in [6.45, 7) is 4.41. The molecule has 1 aliphatic rings. The highest BCUT2D eigenvalue weighted by atomic mass is 15.5. The summed E-state index contributed by atoms with van der Waals surface area (Å²) in [6.07, 6.45) is 4.31. The minimum Gasteiger partial charge on any atom is -0.378 e. The molecular weight excluding hydrogens is 454 g/mol. The Morgan fingerprint density at radius 1 is 0.784 bits per heavy atom. The van der Waals surface area contributed by atoms with Gasteiger partial charge in [0.05, 0.1) is 17.3 Å². The number of nitrogens with zero attached hydrogens (tertiary/aromatic N) is 5. The average Bonchev–Trinajstić information content (AvgIpc) is 3.23. The van der Waals surface area contributed by atoms with Gasteiger partial charge in [0.1, 0.15) is 5.82 Å². The Hall–Kier alpha value is -4.12. The Morgan fingerprint density at radius 2 is 1.41 bits per heavy atom. The quantitative estimate of drug-likeness (QED) is 0.294. The molecule has 2 atom stereocenters. The molecule has 188 valence electrons. The highest BCUT2D eigenvalue weighted by Crippen LogP contribution is 2.40. The van der Waals surface area contributed by atoms with Crippen LogP contribution in [0.15, 0.2) is 90.0 Å². The molecule has 2 unspecified atom stereocenters. The minimum atomic E-state index is 0.0556. The van der Waals surface area contributed by atoms with Gasteiger partial charge in [0.25, 0.3) is 0 Å². The van der Waals surface area contributed by atoms with E-state index in [0.29, 0.717) is 0 Å². The van der Waals surface area contributed by atoms with Crippen LogP contribution in [0, 0.1) is 12.8 Å². The van der Waals surface area contributed by atoms with Gasteiger partial charge < -0.3 is 9.80 Å². The number of allylic oxidation sites excluding steroid dienone is 1. The standard InChI is InChI=1S/C32H35N5/c1-22-21-31(33-30-10-8-7-9-28(22)30)37-32(25-14-18-27(19-15-25)36(5)6)23(2)29(34-37)20-13-24-11-16-26(17-12-24)35(3)4/h7-21,23,32H,1-6H3. The van der Waals surface area contributed by atoms with Crippen LogP contribution in [0.2, 0.25) is 0 Å². The number of rotatable bonds is 6. The number of benzene rings is 3. The molecular formula is C32H35N5. The fourth-order valence-electron chi connectivity index (χ4n) is 4.94. The van der Waals surface area contributed by atoms with Gasteiger partial charge in [-0.1, -0.05) is 55.5 Å². The average molecular weight is 490 g/mol. The summed E-state index contributed by atoms with van der Waals surface area (Å²) in [5.41, 5.74) is 8.00. The fraction of sp³-hybridized carbons (Fsp3) is 0.250. The third-order valence-corrected chi connectivity index (χ3v) is 7.18. The lowest BCUT2D eigenvalue weighted by Crippen LogP contribution is -2.24. The van der Waals surface area contributed by atoms with E-state index < -0.39 is 0 Å². The molecule has 1 aliphatic heterocycles. The molecule has 0 fully saturated rings. The van der Waals surface area contributed by atoms with Crippen molar-refractivity contribution in [3.05, 3.63) is 102 Å². The Balaban J connectivity index is 1.54. The summed E-state index contributed by atoms with van der Waals surface area (Å²) >= 11 is 0. The van der Waals surface area contributed by atoms with E-state index in [9.17, 15) is 0 Å². The molecule has 3 aromatic carbocycles. The largest absolute Gasteiger partial charge is 0.378 e. The molecule has 4 aromatic rings. The van der Waals surface area contributed by atoms with E-state index in [1.165, 1.54) is 27.9 Å². The number of hydrogen-bond acceptors (Lipinski definition) is 5. The van der Waals surface area contributed by atoms with Gasteiger partial charge in [-0.15, -0.1) is 0 Å². The second-order valence-corrected chi connectivity index (χ2v) is 10.2. The van der Waals surface area contributed by atoms with Gasteiger partial charge in [-0.2, -0.15) is 5.10 Å². The molecule has 0 radical (unpaired) electrons. The van der Waals surface area contributed by atoms with Crippen LogP contribution in [0.3, 0.4) is 0 Å². The molecule has 0 bridgehead atoms. The Bertz CT molecular complexity index is 1450. The van der Waals surface area contributed by atoms with Gasteiger partial charge in [0, 0.05) is 50.9 Å². The third kappa shape index (κ3) is 4.94. The fourth-order valence-corrected chi connectivity index (χ4v) is 4.94. The zero-order chi connectivity index (χ0) is 26.1. The van der Waals surface area contributed by atoms with Crippen LogP contribution in [-0.4, -0.2) is 38.9 Å². The summed E-state index contributed by atoms with van der Waals surface area (Å²) in [5.74, 6) is 1.07. The van der Waals surface area contributed by atoms with Crippen LogP contribution in [0.25, 0.3) is 17.0 Å². The van der Waals surface area contributed by atoms with E-state index in [2.05, 4.69) is 142 Å². The van der Waals surface area contributed by atoms with Crippen molar-refractivity contribution in [1.82, 2.24) is 4.98 Å². The number of aromatic nitrogens is 1. The van der Waals surface area contributed by atoms with Crippen molar-refractivity contribution in [1.29, 1.82) is 0 Å². The minimum absolute atomic E-state index is 0.0556. The highest BCUT2D eigenvalue weighted by molar-refractivity contribution is 6.02. The smallest absolute Gasteiger partial charge is 0.150 e. The van der Waals surface area contributed by atoms with Gasteiger partial charge in [0.15, 0.2) is 0 Å². The van der Waals surface area contributed by atoms with E-state index in [0.717, 1.165) is 22.6 Å². The summed E-state index contributed by atoms with van der Waals surface area (Å²) < 4.78 is 0. The Morgan fingerprint density at radius 3 is 2.05 bits per heavy atom. The van der Waals surface area contributed by atoms with Crippen molar-refractivity contribution in [3.63, 3.8) is 0 Å². The molecule has 1 aromatic heterocycles. The van der Waals surface area contributed by atoms with E-state index in [1.807, 2.05) is 6.07 Å². The monoisotopic (exact) mass is 489 g/mol. The molecule has 0 aliphatic carbocycles. The third-order valence-electron chi connectivity index (χ3n) is 7.18. The van der Waals surface area contributed by atoms with Crippen LogP contribution in [0.5, 0.6) is 0 Å². The summed E-state index contributed by atoms with van der Waals surface area (Å²) in [7, 11) is 8.25. The number of anilines is 3.